The molecule has 1 atom stereocenters. The molecule has 1 aromatic rings. The van der Waals surface area contributed by atoms with Crippen LogP contribution in [0, 0.1) is 5.92 Å². The molecule has 0 saturated heterocycles. The molecule has 0 heterocycles. The van der Waals surface area contributed by atoms with Crippen molar-refractivity contribution in [1.29, 1.82) is 0 Å². The molecule has 22 heavy (non-hydrogen) atoms. The number of nitrogens with one attached hydrogen (secondary N) is 1. The Bertz CT molecular complexity index is 651. The SMILES string of the molecule is CC(C)[C@@H](NS(=O)(=O)c1ccc(OC(F)F)c(Cl)c1)C(=O)O. The van der Waals surface area contributed by atoms with Crippen molar-refractivity contribution in [1.82, 2.24) is 4.72 Å². The largest absolute Gasteiger partial charge is 0.480 e. The Morgan fingerprint density at radius 1 is 1.36 bits per heavy atom. The fourth-order valence-electron chi connectivity index (χ4n) is 1.55. The number of hydrogen-bond donors (Lipinski definition) is 2. The molecular weight excluding hydrogens is 344 g/mol. The molecule has 0 aliphatic rings. The van der Waals surface area contributed by atoms with E-state index in [0.29, 0.717) is 0 Å². The van der Waals surface area contributed by atoms with Gasteiger partial charge in [0.15, 0.2) is 0 Å². The van der Waals surface area contributed by atoms with Gasteiger partial charge in [0.05, 0.1) is 9.92 Å². The summed E-state index contributed by atoms with van der Waals surface area (Å²) < 4.78 is 54.6. The van der Waals surface area contributed by atoms with Crippen LogP contribution in [0.1, 0.15) is 13.8 Å². The molecule has 0 fully saturated rings. The molecule has 0 aliphatic carbocycles. The number of carbonyl (C=O) groups is 1. The monoisotopic (exact) mass is 357 g/mol. The van der Waals surface area contributed by atoms with Crippen LogP contribution >= 0.6 is 11.6 Å². The van der Waals surface area contributed by atoms with E-state index in [2.05, 4.69) is 4.74 Å². The van der Waals surface area contributed by atoms with E-state index in [1.165, 1.54) is 13.8 Å². The second-order valence-electron chi connectivity index (χ2n) is 4.65. The van der Waals surface area contributed by atoms with Crippen LogP contribution in [0.3, 0.4) is 0 Å². The first-order valence-electron chi connectivity index (χ1n) is 6.04. The second-order valence-corrected chi connectivity index (χ2v) is 6.77. The maximum absolute atomic E-state index is 12.1. The van der Waals surface area contributed by atoms with Crippen molar-refractivity contribution in [3.63, 3.8) is 0 Å². The number of aliphatic carboxylic acids is 1. The van der Waals surface area contributed by atoms with Gasteiger partial charge in [-0.1, -0.05) is 25.4 Å². The summed E-state index contributed by atoms with van der Waals surface area (Å²) in [4.78, 5) is 10.7. The molecule has 10 heteroatoms. The van der Waals surface area contributed by atoms with Gasteiger partial charge in [0, 0.05) is 0 Å². The highest BCUT2D eigenvalue weighted by Gasteiger charge is 2.28. The molecule has 0 bridgehead atoms. The third-order valence-electron chi connectivity index (χ3n) is 2.64. The lowest BCUT2D eigenvalue weighted by atomic mass is 10.1. The van der Waals surface area contributed by atoms with E-state index in [-0.39, 0.29) is 15.7 Å². The van der Waals surface area contributed by atoms with Crippen molar-refractivity contribution in [2.45, 2.75) is 31.4 Å². The summed E-state index contributed by atoms with van der Waals surface area (Å²) in [6, 6.07) is 1.53. The molecule has 2 N–H and O–H groups in total. The summed E-state index contributed by atoms with van der Waals surface area (Å²) in [5.74, 6) is -2.21. The van der Waals surface area contributed by atoms with Gasteiger partial charge in [0.1, 0.15) is 11.8 Å². The van der Waals surface area contributed by atoms with Crippen LogP contribution in [0.2, 0.25) is 5.02 Å². The van der Waals surface area contributed by atoms with E-state index in [4.69, 9.17) is 16.7 Å². The molecule has 0 aromatic heterocycles. The van der Waals surface area contributed by atoms with Gasteiger partial charge < -0.3 is 9.84 Å². The van der Waals surface area contributed by atoms with E-state index in [0.717, 1.165) is 18.2 Å². The van der Waals surface area contributed by atoms with Crippen molar-refractivity contribution >= 4 is 27.6 Å². The van der Waals surface area contributed by atoms with E-state index in [9.17, 15) is 22.0 Å². The summed E-state index contributed by atoms with van der Waals surface area (Å²) in [6.45, 7) is -0.0303. The number of benzene rings is 1. The van der Waals surface area contributed by atoms with E-state index in [1.807, 2.05) is 4.72 Å². The van der Waals surface area contributed by atoms with Crippen LogP contribution in [0.5, 0.6) is 5.75 Å². The Labute approximate surface area is 131 Å². The van der Waals surface area contributed by atoms with Crippen LogP contribution in [0.15, 0.2) is 23.1 Å². The molecular formula is C12H14ClF2NO5S. The molecule has 0 spiro atoms. The van der Waals surface area contributed by atoms with Crippen molar-refractivity contribution in [3.8, 4) is 5.75 Å². The first-order chi connectivity index (χ1) is 10.0. The fraction of sp³-hybridized carbons (Fsp3) is 0.417. The molecule has 1 aromatic carbocycles. The molecule has 0 radical (unpaired) electrons. The highest BCUT2D eigenvalue weighted by molar-refractivity contribution is 7.89. The molecule has 6 nitrogen and oxygen atoms in total. The van der Waals surface area contributed by atoms with Gasteiger partial charge in [-0.15, -0.1) is 0 Å². The molecule has 0 unspecified atom stereocenters. The van der Waals surface area contributed by atoms with E-state index >= 15 is 0 Å². The first kappa shape index (κ1) is 18.6. The average molecular weight is 358 g/mol. The minimum absolute atomic E-state index is 0.334. The number of carboxylic acids is 1. The Kier molecular flexibility index (Phi) is 6.09. The van der Waals surface area contributed by atoms with Crippen molar-refractivity contribution in [2.75, 3.05) is 0 Å². The maximum Gasteiger partial charge on any atom is 0.387 e. The van der Waals surface area contributed by atoms with E-state index < -0.39 is 34.6 Å². The Hall–Kier alpha value is -1.45. The van der Waals surface area contributed by atoms with Crippen molar-refractivity contribution in [2.24, 2.45) is 5.92 Å². The number of carboxylic acid groups (broad SMARTS) is 1. The topological polar surface area (TPSA) is 92.7 Å². The normalized spacial score (nSPS) is 13.4. The van der Waals surface area contributed by atoms with Gasteiger partial charge in [-0.2, -0.15) is 13.5 Å². The summed E-state index contributed by atoms with van der Waals surface area (Å²) in [7, 11) is -4.18. The average Bonchev–Trinajstić information content (AvgIpc) is 2.37. The maximum atomic E-state index is 12.1. The second kappa shape index (κ2) is 7.21. The van der Waals surface area contributed by atoms with Crippen molar-refractivity contribution < 1.29 is 31.8 Å². The van der Waals surface area contributed by atoms with Crippen molar-refractivity contribution in [3.05, 3.63) is 23.2 Å². The van der Waals surface area contributed by atoms with Crippen LogP contribution in [0.4, 0.5) is 8.78 Å². The number of ether oxygens (including phenoxy) is 1. The summed E-state index contributed by atoms with van der Waals surface area (Å²) in [6.07, 6.45) is 0. The van der Waals surface area contributed by atoms with Gasteiger partial charge in [-0.25, -0.2) is 8.42 Å². The number of hydrogen-bond acceptors (Lipinski definition) is 4. The Balaban J connectivity index is 3.08. The quantitative estimate of drug-likeness (QED) is 0.781. The molecule has 0 saturated carbocycles. The first-order valence-corrected chi connectivity index (χ1v) is 7.90. The summed E-state index contributed by atoms with van der Waals surface area (Å²) >= 11 is 5.67. The van der Waals surface area contributed by atoms with Gasteiger partial charge in [0.25, 0.3) is 0 Å². The number of halogens is 3. The van der Waals surface area contributed by atoms with Crippen LogP contribution in [-0.4, -0.2) is 32.1 Å². The summed E-state index contributed by atoms with van der Waals surface area (Å²) in [5.41, 5.74) is 0. The standard InChI is InChI=1S/C12H14ClF2NO5S/c1-6(2)10(11(17)18)16-22(19,20)7-3-4-9(8(13)5-7)21-12(14)15/h3-6,10,12,16H,1-2H3,(H,17,18)/t10-/m1/s1. The van der Waals surface area contributed by atoms with Crippen LogP contribution in [0.25, 0.3) is 0 Å². The zero-order valence-electron chi connectivity index (χ0n) is 11.6. The van der Waals surface area contributed by atoms with Gasteiger partial charge in [-0.3, -0.25) is 4.79 Å². The third-order valence-corrected chi connectivity index (χ3v) is 4.38. The highest BCUT2D eigenvalue weighted by atomic mass is 35.5. The minimum Gasteiger partial charge on any atom is -0.480 e. The Morgan fingerprint density at radius 3 is 2.36 bits per heavy atom. The molecule has 1 rings (SSSR count). The fourth-order valence-corrected chi connectivity index (χ4v) is 3.20. The minimum atomic E-state index is -4.18. The lowest BCUT2D eigenvalue weighted by molar-refractivity contribution is -0.140. The lowest BCUT2D eigenvalue weighted by Crippen LogP contribution is -2.44. The molecule has 0 amide bonds. The van der Waals surface area contributed by atoms with E-state index in [1.54, 1.807) is 0 Å². The smallest absolute Gasteiger partial charge is 0.387 e. The molecule has 0 aliphatic heterocycles. The van der Waals surface area contributed by atoms with Gasteiger partial charge in [0.2, 0.25) is 10.0 Å². The highest BCUT2D eigenvalue weighted by Crippen LogP contribution is 2.28. The number of rotatable bonds is 7. The molecule has 124 valence electrons. The Morgan fingerprint density at radius 2 is 1.95 bits per heavy atom. The predicted octanol–water partition coefficient (Wildman–Crippen LogP) is 2.33. The number of sulfonamides is 1. The third kappa shape index (κ3) is 4.79. The van der Waals surface area contributed by atoms with Gasteiger partial charge in [-0.05, 0) is 24.1 Å². The van der Waals surface area contributed by atoms with Crippen LogP contribution in [-0.2, 0) is 14.8 Å². The predicted molar refractivity (Wildman–Crippen MR) is 74.7 cm³/mol. The van der Waals surface area contributed by atoms with Crippen LogP contribution < -0.4 is 9.46 Å². The van der Waals surface area contributed by atoms with Gasteiger partial charge >= 0.3 is 12.6 Å². The zero-order valence-corrected chi connectivity index (χ0v) is 13.2. The summed E-state index contributed by atoms with van der Waals surface area (Å²) in [5, 5.41) is 8.66. The zero-order chi connectivity index (χ0) is 17.1. The lowest BCUT2D eigenvalue weighted by Gasteiger charge is -2.18. The number of alkyl halides is 2.